The van der Waals surface area contributed by atoms with E-state index in [1.165, 1.54) is 6.07 Å². The number of piperazine rings is 1. The number of carbonyl (C=O) groups is 1. The zero-order valence-electron chi connectivity index (χ0n) is 15.0. The van der Waals surface area contributed by atoms with Gasteiger partial charge in [-0.1, -0.05) is 17.7 Å². The van der Waals surface area contributed by atoms with E-state index in [4.69, 9.17) is 23.8 Å². The van der Waals surface area contributed by atoms with Crippen molar-refractivity contribution in [2.45, 2.75) is 13.5 Å². The number of nitrogens with zero attached hydrogens (tertiary/aromatic N) is 2. The molecule has 7 heteroatoms. The minimum Gasteiger partial charge on any atom is -0.346 e. The molecule has 2 aromatic rings. The number of nitrogens with one attached hydrogen (secondary N) is 1. The summed E-state index contributed by atoms with van der Waals surface area (Å²) in [5, 5.41) is 4.06. The average Bonchev–Trinajstić information content (AvgIpc) is 2.66. The molecule has 0 amide bonds. The molecule has 1 N–H and O–H groups in total. The van der Waals surface area contributed by atoms with Crippen molar-refractivity contribution in [1.82, 2.24) is 9.80 Å². The second-order valence-corrected chi connectivity index (χ2v) is 7.37. The Labute approximate surface area is 168 Å². The second-order valence-electron chi connectivity index (χ2n) is 6.58. The Balaban J connectivity index is 1.50. The Morgan fingerprint density at radius 2 is 1.81 bits per heavy atom. The third-order valence-electron chi connectivity index (χ3n) is 4.59. The quantitative estimate of drug-likeness (QED) is 0.609. The van der Waals surface area contributed by atoms with Crippen LogP contribution in [-0.4, -0.2) is 46.9 Å². The van der Waals surface area contributed by atoms with Gasteiger partial charge in [0, 0.05) is 44.0 Å². The Kier molecular flexibility index (Phi) is 6.42. The van der Waals surface area contributed by atoms with Crippen molar-refractivity contribution in [3.05, 3.63) is 64.4 Å². The van der Waals surface area contributed by atoms with Gasteiger partial charge in [-0.05, 0) is 61.1 Å². The second kappa shape index (κ2) is 8.78. The summed E-state index contributed by atoms with van der Waals surface area (Å²) < 4.78 is 13.3. The zero-order chi connectivity index (χ0) is 19.4. The molecule has 1 aliphatic rings. The smallest absolute Gasteiger partial charge is 0.173 e. The summed E-state index contributed by atoms with van der Waals surface area (Å²) in [6.45, 7) is 5.63. The van der Waals surface area contributed by atoms with Crippen molar-refractivity contribution < 1.29 is 9.18 Å². The molecule has 1 fully saturated rings. The molecule has 0 radical (unpaired) electrons. The van der Waals surface area contributed by atoms with Crippen molar-refractivity contribution in [3.63, 3.8) is 0 Å². The van der Waals surface area contributed by atoms with E-state index in [2.05, 4.69) is 15.1 Å². The molecule has 0 aliphatic carbocycles. The molecule has 1 heterocycles. The highest BCUT2D eigenvalue weighted by Crippen LogP contribution is 2.18. The maximum atomic E-state index is 13.3. The zero-order valence-corrected chi connectivity index (χ0v) is 16.6. The van der Waals surface area contributed by atoms with Crippen LogP contribution in [0.5, 0.6) is 0 Å². The van der Waals surface area contributed by atoms with Gasteiger partial charge >= 0.3 is 0 Å². The van der Waals surface area contributed by atoms with E-state index < -0.39 is 5.82 Å². The van der Waals surface area contributed by atoms with Crippen LogP contribution in [0.1, 0.15) is 22.8 Å². The maximum Gasteiger partial charge on any atom is 0.173 e. The number of hydrogen-bond acceptors (Lipinski definition) is 3. The molecule has 0 bridgehead atoms. The fourth-order valence-electron chi connectivity index (χ4n) is 3.00. The van der Waals surface area contributed by atoms with Crippen LogP contribution in [0, 0.1) is 5.82 Å². The highest BCUT2D eigenvalue weighted by atomic mass is 35.5. The van der Waals surface area contributed by atoms with E-state index >= 15 is 0 Å². The fourth-order valence-corrected chi connectivity index (χ4v) is 3.50. The Bertz CT molecular complexity index is 836. The van der Waals surface area contributed by atoms with Gasteiger partial charge in [0.25, 0.3) is 0 Å². The number of Topliss-reactive ketones (excluding diaryl/α,β-unsaturated/α-hetero) is 1. The summed E-state index contributed by atoms with van der Waals surface area (Å²) in [7, 11) is 0. The highest BCUT2D eigenvalue weighted by molar-refractivity contribution is 7.80. The summed E-state index contributed by atoms with van der Waals surface area (Å²) in [5.41, 5.74) is 2.55. The van der Waals surface area contributed by atoms with Crippen LogP contribution in [0.4, 0.5) is 10.1 Å². The van der Waals surface area contributed by atoms with E-state index in [0.29, 0.717) is 10.7 Å². The lowest BCUT2D eigenvalue weighted by molar-refractivity contribution is 0.101. The van der Waals surface area contributed by atoms with E-state index in [1.807, 2.05) is 12.1 Å². The van der Waals surface area contributed by atoms with Crippen molar-refractivity contribution in [3.8, 4) is 0 Å². The summed E-state index contributed by atoms with van der Waals surface area (Å²) in [5.74, 6) is -0.347. The molecule has 1 aliphatic heterocycles. The number of halogens is 2. The highest BCUT2D eigenvalue weighted by Gasteiger charge is 2.19. The van der Waals surface area contributed by atoms with Crippen LogP contribution in [0.25, 0.3) is 0 Å². The van der Waals surface area contributed by atoms with Crippen molar-refractivity contribution in [2.75, 3.05) is 31.5 Å². The number of ketones is 1. The van der Waals surface area contributed by atoms with E-state index in [9.17, 15) is 9.18 Å². The normalized spacial score (nSPS) is 14.9. The maximum absolute atomic E-state index is 13.3. The molecule has 0 spiro atoms. The molecule has 0 atom stereocenters. The molecule has 0 saturated carbocycles. The molecule has 142 valence electrons. The van der Waals surface area contributed by atoms with Crippen molar-refractivity contribution >= 4 is 40.4 Å². The Hall–Kier alpha value is -2.02. The topological polar surface area (TPSA) is 35.6 Å². The number of hydrogen-bond donors (Lipinski definition) is 1. The average molecular weight is 406 g/mol. The standard InChI is InChI=1S/C20H21ClFN3OS/c1-14(26)16-3-5-17(6-4-16)23-20(27)25-10-8-24(9-11-25)13-15-2-7-19(22)18(21)12-15/h2-7,12H,8-11,13H2,1H3,(H,23,27). The van der Waals surface area contributed by atoms with Crippen LogP contribution >= 0.6 is 23.8 Å². The van der Waals surface area contributed by atoms with E-state index in [0.717, 1.165) is 44.0 Å². The molecule has 4 nitrogen and oxygen atoms in total. The van der Waals surface area contributed by atoms with Gasteiger partial charge in [0.15, 0.2) is 10.9 Å². The van der Waals surface area contributed by atoms with Crippen molar-refractivity contribution in [2.24, 2.45) is 0 Å². The minimum absolute atomic E-state index is 0.0442. The number of carbonyl (C=O) groups excluding carboxylic acids is 1. The van der Waals surface area contributed by atoms with Gasteiger partial charge in [-0.3, -0.25) is 9.69 Å². The summed E-state index contributed by atoms with van der Waals surface area (Å²) >= 11 is 11.4. The first-order valence-corrected chi connectivity index (χ1v) is 9.54. The molecule has 0 unspecified atom stereocenters. The number of anilines is 1. The molecule has 27 heavy (non-hydrogen) atoms. The first-order chi connectivity index (χ1) is 12.9. The fraction of sp³-hybridized carbons (Fsp3) is 0.300. The molecule has 1 saturated heterocycles. The SMILES string of the molecule is CC(=O)c1ccc(NC(=S)N2CCN(Cc3ccc(F)c(Cl)c3)CC2)cc1. The lowest BCUT2D eigenvalue weighted by Gasteiger charge is -2.36. The predicted octanol–water partition coefficient (Wildman–Crippen LogP) is 4.20. The molecule has 0 aromatic heterocycles. The summed E-state index contributed by atoms with van der Waals surface area (Å²) in [6.07, 6.45) is 0. The van der Waals surface area contributed by atoms with E-state index in [1.54, 1.807) is 31.2 Å². The number of rotatable bonds is 4. The van der Waals surface area contributed by atoms with Gasteiger partial charge in [-0.2, -0.15) is 0 Å². The first kappa shape index (κ1) is 19.7. The minimum atomic E-state index is -0.391. The van der Waals surface area contributed by atoms with Crippen LogP contribution < -0.4 is 5.32 Å². The lowest BCUT2D eigenvalue weighted by Crippen LogP contribution is -2.49. The van der Waals surface area contributed by atoms with Gasteiger partial charge in [-0.15, -0.1) is 0 Å². The molecule has 2 aromatic carbocycles. The van der Waals surface area contributed by atoms with Crippen LogP contribution in [0.3, 0.4) is 0 Å². The third-order valence-corrected chi connectivity index (χ3v) is 5.24. The molecular weight excluding hydrogens is 385 g/mol. The summed E-state index contributed by atoms with van der Waals surface area (Å²) in [4.78, 5) is 15.8. The monoisotopic (exact) mass is 405 g/mol. The lowest BCUT2D eigenvalue weighted by atomic mass is 10.1. The summed E-state index contributed by atoms with van der Waals surface area (Å²) in [6, 6.07) is 12.2. The Morgan fingerprint density at radius 1 is 1.15 bits per heavy atom. The number of benzene rings is 2. The predicted molar refractivity (Wildman–Crippen MR) is 111 cm³/mol. The number of thiocarbonyl (C=S) groups is 1. The van der Waals surface area contributed by atoms with Crippen LogP contribution in [-0.2, 0) is 6.54 Å². The Morgan fingerprint density at radius 3 is 2.41 bits per heavy atom. The van der Waals surface area contributed by atoms with E-state index in [-0.39, 0.29) is 10.8 Å². The van der Waals surface area contributed by atoms with Gasteiger partial charge < -0.3 is 10.2 Å². The van der Waals surface area contributed by atoms with Gasteiger partial charge in [0.1, 0.15) is 5.82 Å². The van der Waals surface area contributed by atoms with Crippen LogP contribution in [0.15, 0.2) is 42.5 Å². The third kappa shape index (κ3) is 5.25. The van der Waals surface area contributed by atoms with Gasteiger partial charge in [0.2, 0.25) is 0 Å². The van der Waals surface area contributed by atoms with Gasteiger partial charge in [-0.25, -0.2) is 4.39 Å². The molecule has 3 rings (SSSR count). The molecular formula is C20H21ClFN3OS. The largest absolute Gasteiger partial charge is 0.346 e. The first-order valence-electron chi connectivity index (χ1n) is 8.75. The van der Waals surface area contributed by atoms with Crippen molar-refractivity contribution in [1.29, 1.82) is 0 Å². The van der Waals surface area contributed by atoms with Crippen LogP contribution in [0.2, 0.25) is 5.02 Å². The van der Waals surface area contributed by atoms with Gasteiger partial charge in [0.05, 0.1) is 5.02 Å².